The standard InChI is InChI=1S/C25H40Si2/c1-20(2)26(21(3)4,22(5)6)27(25(7,8)9,23-16-12-10-13-17-23)24-18-14-11-15-19-24/h10-22H,1-9H3. The molecule has 0 atom stereocenters. The second-order valence-corrected chi connectivity index (χ2v) is 24.5. The minimum atomic E-state index is -2.08. The minimum Gasteiger partial charge on any atom is -0.0653 e. The predicted octanol–water partition coefficient (Wildman–Crippen LogP) is 6.81. The Bertz CT molecular complexity index is 648. The van der Waals surface area contributed by atoms with Crippen molar-refractivity contribution in [1.29, 1.82) is 0 Å². The van der Waals surface area contributed by atoms with Crippen LogP contribution in [0.15, 0.2) is 60.7 Å². The van der Waals surface area contributed by atoms with Crippen LogP contribution in [0.25, 0.3) is 0 Å². The van der Waals surface area contributed by atoms with Gasteiger partial charge in [-0.05, 0) is 5.04 Å². The summed E-state index contributed by atoms with van der Waals surface area (Å²) in [5, 5.41) is 3.54. The van der Waals surface area contributed by atoms with Crippen LogP contribution in [0.2, 0.25) is 21.7 Å². The molecule has 2 rings (SSSR count). The molecule has 148 valence electrons. The molecule has 2 heteroatoms. The third-order valence-corrected chi connectivity index (χ3v) is 31.8. The second-order valence-electron chi connectivity index (χ2n) is 10.1. The minimum absolute atomic E-state index is 0.251. The van der Waals surface area contributed by atoms with Crippen LogP contribution >= 0.6 is 0 Å². The Morgan fingerprint density at radius 3 is 1.07 bits per heavy atom. The van der Waals surface area contributed by atoms with Gasteiger partial charge in [-0.1, -0.05) is 150 Å². The topological polar surface area (TPSA) is 0 Å². The van der Waals surface area contributed by atoms with Crippen LogP contribution in [0, 0.1) is 0 Å². The van der Waals surface area contributed by atoms with Crippen molar-refractivity contribution in [2.24, 2.45) is 0 Å². The molecule has 0 spiro atoms. The van der Waals surface area contributed by atoms with E-state index < -0.39 is 15.2 Å². The predicted molar refractivity (Wildman–Crippen MR) is 129 cm³/mol. The summed E-state index contributed by atoms with van der Waals surface area (Å²) in [7, 11) is -3.86. The van der Waals surface area contributed by atoms with Gasteiger partial charge in [-0.15, -0.1) is 0 Å². The maximum Gasteiger partial charge on any atom is 0.117 e. The Morgan fingerprint density at radius 1 is 0.556 bits per heavy atom. The fraction of sp³-hybridized carbons (Fsp3) is 0.520. The summed E-state index contributed by atoms with van der Waals surface area (Å²) in [5.74, 6) is 0. The number of hydrogen-bond donors (Lipinski definition) is 0. The van der Waals surface area contributed by atoms with Crippen molar-refractivity contribution in [3.8, 4) is 0 Å². The van der Waals surface area contributed by atoms with E-state index in [1.54, 1.807) is 10.4 Å². The Kier molecular flexibility index (Phi) is 6.64. The lowest BCUT2D eigenvalue weighted by Crippen LogP contribution is -2.83. The van der Waals surface area contributed by atoms with Crippen LogP contribution in [0.4, 0.5) is 0 Å². The van der Waals surface area contributed by atoms with Gasteiger partial charge in [0.2, 0.25) is 0 Å². The zero-order valence-electron chi connectivity index (χ0n) is 19.0. The lowest BCUT2D eigenvalue weighted by molar-refractivity contribution is 0.728. The molecule has 0 heterocycles. The fourth-order valence-corrected chi connectivity index (χ4v) is 34.9. The fourth-order valence-electron chi connectivity index (χ4n) is 6.86. The van der Waals surface area contributed by atoms with Gasteiger partial charge in [0, 0.05) is 0 Å². The average Bonchev–Trinajstić information content (AvgIpc) is 2.58. The summed E-state index contributed by atoms with van der Waals surface area (Å²) in [6.45, 7) is 22.8. The van der Waals surface area contributed by atoms with E-state index in [2.05, 4.69) is 123 Å². The van der Waals surface area contributed by atoms with Crippen LogP contribution in [0.1, 0.15) is 62.3 Å². The third kappa shape index (κ3) is 3.29. The van der Waals surface area contributed by atoms with Crippen LogP contribution in [0.5, 0.6) is 0 Å². The summed E-state index contributed by atoms with van der Waals surface area (Å²) in [6, 6.07) is 23.3. The Balaban J connectivity index is 3.13. The van der Waals surface area contributed by atoms with Gasteiger partial charge in [0.15, 0.2) is 0 Å². The largest absolute Gasteiger partial charge is 0.117 e. The van der Waals surface area contributed by atoms with E-state index in [-0.39, 0.29) is 5.04 Å². The van der Waals surface area contributed by atoms with Gasteiger partial charge in [-0.3, -0.25) is 0 Å². The Morgan fingerprint density at radius 2 is 0.852 bits per heavy atom. The van der Waals surface area contributed by atoms with Gasteiger partial charge in [-0.25, -0.2) is 0 Å². The Hall–Kier alpha value is -1.13. The molecule has 27 heavy (non-hydrogen) atoms. The van der Waals surface area contributed by atoms with Crippen LogP contribution < -0.4 is 10.4 Å². The molecular weight excluding hydrogens is 356 g/mol. The summed E-state index contributed by atoms with van der Waals surface area (Å²) < 4.78 is 0. The van der Waals surface area contributed by atoms with E-state index in [4.69, 9.17) is 0 Å². The number of rotatable bonds is 6. The lowest BCUT2D eigenvalue weighted by atomic mass is 10.2. The molecule has 2 aromatic rings. The van der Waals surface area contributed by atoms with E-state index in [0.29, 0.717) is 0 Å². The van der Waals surface area contributed by atoms with E-state index >= 15 is 0 Å². The highest BCUT2D eigenvalue weighted by molar-refractivity contribution is 7.54. The van der Waals surface area contributed by atoms with Gasteiger partial charge in [0.05, 0.1) is 7.59 Å². The molecule has 2 aromatic carbocycles. The van der Waals surface area contributed by atoms with Crippen LogP contribution in [-0.4, -0.2) is 15.2 Å². The van der Waals surface area contributed by atoms with Crippen LogP contribution in [-0.2, 0) is 0 Å². The highest BCUT2D eigenvalue weighted by Crippen LogP contribution is 2.54. The quantitative estimate of drug-likeness (QED) is 0.471. The van der Waals surface area contributed by atoms with Gasteiger partial charge in [0.25, 0.3) is 0 Å². The monoisotopic (exact) mass is 396 g/mol. The molecule has 0 bridgehead atoms. The summed E-state index contributed by atoms with van der Waals surface area (Å²) >= 11 is 0. The zero-order valence-corrected chi connectivity index (χ0v) is 21.0. The Labute approximate surface area is 170 Å². The highest BCUT2D eigenvalue weighted by Gasteiger charge is 2.65. The summed E-state index contributed by atoms with van der Waals surface area (Å²) in [4.78, 5) is 0. The molecule has 0 amide bonds. The van der Waals surface area contributed by atoms with E-state index in [0.717, 1.165) is 16.6 Å². The first-order valence-corrected chi connectivity index (χ1v) is 15.9. The number of benzene rings is 2. The molecule has 0 aliphatic rings. The molecular formula is C25H40Si2. The SMILES string of the molecule is CC(C)[Si](C(C)C)(C(C)C)[Si](c1ccccc1)(c1ccccc1)C(C)(C)C. The van der Waals surface area contributed by atoms with Crippen LogP contribution in [0.3, 0.4) is 0 Å². The molecule has 0 fully saturated rings. The number of hydrogen-bond acceptors (Lipinski definition) is 0. The second kappa shape index (κ2) is 8.09. The van der Waals surface area contributed by atoms with Gasteiger partial charge < -0.3 is 0 Å². The van der Waals surface area contributed by atoms with Gasteiger partial charge in [0.1, 0.15) is 7.59 Å². The third-order valence-electron chi connectivity index (χ3n) is 7.05. The summed E-state index contributed by atoms with van der Waals surface area (Å²) in [6.07, 6.45) is 0. The summed E-state index contributed by atoms with van der Waals surface area (Å²) in [5.41, 5.74) is 2.22. The molecule has 0 radical (unpaired) electrons. The van der Waals surface area contributed by atoms with Crippen molar-refractivity contribution in [3.63, 3.8) is 0 Å². The smallest absolute Gasteiger partial charge is 0.0653 e. The average molecular weight is 397 g/mol. The molecule has 0 saturated heterocycles. The van der Waals surface area contributed by atoms with Gasteiger partial charge >= 0.3 is 0 Å². The van der Waals surface area contributed by atoms with Crippen molar-refractivity contribution < 1.29 is 0 Å². The lowest BCUT2D eigenvalue weighted by Gasteiger charge is -2.61. The van der Waals surface area contributed by atoms with Crippen molar-refractivity contribution in [3.05, 3.63) is 60.7 Å². The molecule has 0 aromatic heterocycles. The first-order chi connectivity index (χ1) is 12.5. The highest BCUT2D eigenvalue weighted by atomic mass is 29.3. The maximum absolute atomic E-state index is 2.54. The molecule has 0 aliphatic carbocycles. The molecule has 0 unspecified atom stereocenters. The van der Waals surface area contributed by atoms with Crippen molar-refractivity contribution in [2.75, 3.05) is 0 Å². The molecule has 0 N–H and O–H groups in total. The van der Waals surface area contributed by atoms with Crippen molar-refractivity contribution >= 4 is 25.6 Å². The zero-order chi connectivity index (χ0) is 20.5. The maximum atomic E-state index is 2.54. The molecule has 0 saturated carbocycles. The van der Waals surface area contributed by atoms with Crippen molar-refractivity contribution in [1.82, 2.24) is 0 Å². The first-order valence-electron chi connectivity index (χ1n) is 10.7. The molecule has 0 aliphatic heterocycles. The van der Waals surface area contributed by atoms with Gasteiger partial charge in [-0.2, -0.15) is 0 Å². The van der Waals surface area contributed by atoms with E-state index in [1.165, 1.54) is 0 Å². The first kappa shape index (κ1) is 22.2. The molecule has 0 nitrogen and oxygen atoms in total. The normalized spacial score (nSPS) is 13.6. The van der Waals surface area contributed by atoms with E-state index in [1.807, 2.05) is 0 Å². The van der Waals surface area contributed by atoms with Crippen molar-refractivity contribution in [2.45, 2.75) is 84.0 Å². The van der Waals surface area contributed by atoms with E-state index in [9.17, 15) is 0 Å².